The molecule has 6 nitrogen and oxygen atoms in total. The molecule has 0 bridgehead atoms. The first-order valence-electron chi connectivity index (χ1n) is 8.91. The van der Waals surface area contributed by atoms with Gasteiger partial charge in [0.15, 0.2) is 0 Å². The summed E-state index contributed by atoms with van der Waals surface area (Å²) in [5.41, 5.74) is 2.32. The lowest BCUT2D eigenvalue weighted by atomic mass is 10.2. The van der Waals surface area contributed by atoms with E-state index in [0.717, 1.165) is 25.2 Å². The first-order chi connectivity index (χ1) is 12.2. The zero-order chi connectivity index (χ0) is 17.6. The average molecular weight is 339 g/mol. The van der Waals surface area contributed by atoms with Gasteiger partial charge in [-0.15, -0.1) is 0 Å². The van der Waals surface area contributed by atoms with Crippen LogP contribution < -0.4 is 15.5 Å². The summed E-state index contributed by atoms with van der Waals surface area (Å²) in [6, 6.07) is 9.86. The minimum atomic E-state index is -0.233. The van der Waals surface area contributed by atoms with E-state index in [-0.39, 0.29) is 11.9 Å². The van der Waals surface area contributed by atoms with Gasteiger partial charge in [-0.25, -0.2) is 9.97 Å². The summed E-state index contributed by atoms with van der Waals surface area (Å²) < 4.78 is 0. The smallest absolute Gasteiger partial charge is 0.274 e. The highest BCUT2D eigenvalue weighted by Crippen LogP contribution is 2.22. The molecule has 1 saturated heterocycles. The number of carbonyl (C=O) groups excluding carboxylic acids is 1. The van der Waals surface area contributed by atoms with Crippen LogP contribution in [0.15, 0.2) is 36.5 Å². The Bertz CT molecular complexity index is 710. The molecule has 0 spiro atoms. The average Bonchev–Trinajstić information content (AvgIpc) is 3.17. The number of anilines is 3. The van der Waals surface area contributed by atoms with E-state index in [0.29, 0.717) is 11.6 Å². The predicted octanol–water partition coefficient (Wildman–Crippen LogP) is 3.54. The molecular formula is C19H25N5O. The number of hydrogen-bond donors (Lipinski definition) is 2. The van der Waals surface area contributed by atoms with Crippen LogP contribution in [-0.2, 0) is 0 Å². The van der Waals surface area contributed by atoms with Crippen molar-refractivity contribution in [1.29, 1.82) is 0 Å². The Morgan fingerprint density at radius 3 is 2.60 bits per heavy atom. The van der Waals surface area contributed by atoms with Crippen LogP contribution in [-0.4, -0.2) is 35.0 Å². The Balaban J connectivity index is 1.64. The van der Waals surface area contributed by atoms with Gasteiger partial charge in [-0.3, -0.25) is 4.79 Å². The van der Waals surface area contributed by atoms with Crippen LogP contribution >= 0.6 is 0 Å². The van der Waals surface area contributed by atoms with Crippen molar-refractivity contribution in [2.45, 2.75) is 39.2 Å². The number of carbonyl (C=O) groups is 1. The van der Waals surface area contributed by atoms with Crippen LogP contribution in [0.5, 0.6) is 0 Å². The molecule has 1 amide bonds. The maximum atomic E-state index is 12.4. The molecule has 0 saturated carbocycles. The summed E-state index contributed by atoms with van der Waals surface area (Å²) >= 11 is 0. The number of nitrogens with zero attached hydrogens (tertiary/aromatic N) is 3. The van der Waals surface area contributed by atoms with Crippen LogP contribution in [0.4, 0.5) is 17.3 Å². The van der Waals surface area contributed by atoms with Gasteiger partial charge < -0.3 is 15.5 Å². The van der Waals surface area contributed by atoms with Crippen molar-refractivity contribution in [2.75, 3.05) is 28.6 Å². The third-order valence-electron chi connectivity index (χ3n) is 4.47. The lowest BCUT2D eigenvalue weighted by Crippen LogP contribution is -2.19. The van der Waals surface area contributed by atoms with Gasteiger partial charge in [0.05, 0.1) is 0 Å². The maximum absolute atomic E-state index is 12.4. The van der Waals surface area contributed by atoms with Gasteiger partial charge in [0, 0.05) is 36.7 Å². The topological polar surface area (TPSA) is 70.2 Å². The highest BCUT2D eigenvalue weighted by molar-refractivity contribution is 6.03. The van der Waals surface area contributed by atoms with Gasteiger partial charge in [-0.1, -0.05) is 6.92 Å². The first kappa shape index (κ1) is 17.2. The van der Waals surface area contributed by atoms with Gasteiger partial charge in [0.25, 0.3) is 5.91 Å². The van der Waals surface area contributed by atoms with E-state index in [9.17, 15) is 4.79 Å². The minimum Gasteiger partial charge on any atom is -0.372 e. The Morgan fingerprint density at radius 2 is 1.92 bits per heavy atom. The maximum Gasteiger partial charge on any atom is 0.274 e. The zero-order valence-electron chi connectivity index (χ0n) is 14.8. The van der Waals surface area contributed by atoms with E-state index >= 15 is 0 Å². The molecule has 2 heterocycles. The number of benzene rings is 1. The molecule has 1 fully saturated rings. The van der Waals surface area contributed by atoms with E-state index in [4.69, 9.17) is 0 Å². The van der Waals surface area contributed by atoms with Crippen molar-refractivity contribution in [2.24, 2.45) is 0 Å². The Kier molecular flexibility index (Phi) is 5.48. The molecule has 3 rings (SSSR count). The fourth-order valence-corrected chi connectivity index (χ4v) is 2.80. The van der Waals surface area contributed by atoms with Gasteiger partial charge in [0.1, 0.15) is 5.69 Å². The summed E-state index contributed by atoms with van der Waals surface area (Å²) in [6.07, 6.45) is 5.06. The van der Waals surface area contributed by atoms with E-state index in [1.54, 1.807) is 12.3 Å². The number of nitrogens with one attached hydrogen (secondary N) is 2. The number of aromatic nitrogens is 2. The standard InChI is InChI=1S/C19H25N5O/c1-3-14(2)21-19-20-11-10-17(23-19)18(25)22-15-6-8-16(9-7-15)24-12-4-5-13-24/h6-11,14H,3-5,12-13H2,1-2H3,(H,22,25)(H,20,21,23). The Hall–Kier alpha value is -2.63. The van der Waals surface area contributed by atoms with Crippen molar-refractivity contribution in [1.82, 2.24) is 9.97 Å². The van der Waals surface area contributed by atoms with Crippen molar-refractivity contribution in [3.63, 3.8) is 0 Å². The first-order valence-corrected chi connectivity index (χ1v) is 8.91. The highest BCUT2D eigenvalue weighted by Gasteiger charge is 2.13. The van der Waals surface area contributed by atoms with Gasteiger partial charge in [-0.2, -0.15) is 0 Å². The molecule has 1 aromatic heterocycles. The third kappa shape index (κ3) is 4.47. The van der Waals surface area contributed by atoms with E-state index < -0.39 is 0 Å². The lowest BCUT2D eigenvalue weighted by Gasteiger charge is -2.17. The molecule has 1 aromatic carbocycles. The highest BCUT2D eigenvalue weighted by atomic mass is 16.1. The van der Waals surface area contributed by atoms with Crippen LogP contribution in [0.2, 0.25) is 0 Å². The molecule has 2 N–H and O–H groups in total. The zero-order valence-corrected chi connectivity index (χ0v) is 14.8. The summed E-state index contributed by atoms with van der Waals surface area (Å²) in [5, 5.41) is 6.08. The summed E-state index contributed by atoms with van der Waals surface area (Å²) in [6.45, 7) is 6.36. The molecule has 132 valence electrons. The fourth-order valence-electron chi connectivity index (χ4n) is 2.80. The molecular weight excluding hydrogens is 314 g/mol. The molecule has 0 radical (unpaired) electrons. The largest absolute Gasteiger partial charge is 0.372 e. The molecule has 1 aliphatic heterocycles. The van der Waals surface area contributed by atoms with Gasteiger partial charge in [0.2, 0.25) is 5.95 Å². The Labute approximate surface area is 148 Å². The fraction of sp³-hybridized carbons (Fsp3) is 0.421. The van der Waals surface area contributed by atoms with Crippen LogP contribution in [0.3, 0.4) is 0 Å². The van der Waals surface area contributed by atoms with E-state index in [1.165, 1.54) is 18.5 Å². The summed E-state index contributed by atoms with van der Waals surface area (Å²) in [4.78, 5) is 23.2. The molecule has 0 aliphatic carbocycles. The number of hydrogen-bond acceptors (Lipinski definition) is 5. The summed E-state index contributed by atoms with van der Waals surface area (Å²) in [7, 11) is 0. The number of rotatable bonds is 6. The van der Waals surface area contributed by atoms with Crippen LogP contribution in [0.25, 0.3) is 0 Å². The molecule has 6 heteroatoms. The quantitative estimate of drug-likeness (QED) is 0.842. The van der Waals surface area contributed by atoms with Crippen molar-refractivity contribution in [3.05, 3.63) is 42.2 Å². The van der Waals surface area contributed by atoms with Crippen molar-refractivity contribution in [3.8, 4) is 0 Å². The van der Waals surface area contributed by atoms with Crippen molar-refractivity contribution >= 4 is 23.2 Å². The molecule has 2 aromatic rings. The SMILES string of the molecule is CCC(C)Nc1nccc(C(=O)Nc2ccc(N3CCCC3)cc2)n1. The second-order valence-corrected chi connectivity index (χ2v) is 6.41. The van der Waals surface area contributed by atoms with Crippen molar-refractivity contribution < 1.29 is 4.79 Å². The molecule has 1 atom stereocenters. The normalized spacial score (nSPS) is 15.0. The van der Waals surface area contributed by atoms with E-state index in [2.05, 4.69) is 51.5 Å². The van der Waals surface area contributed by atoms with Gasteiger partial charge in [-0.05, 0) is 56.5 Å². The Morgan fingerprint density at radius 1 is 1.20 bits per heavy atom. The molecule has 1 unspecified atom stereocenters. The second kappa shape index (κ2) is 7.96. The van der Waals surface area contributed by atoms with Crippen LogP contribution in [0, 0.1) is 0 Å². The minimum absolute atomic E-state index is 0.233. The van der Waals surface area contributed by atoms with Crippen LogP contribution in [0.1, 0.15) is 43.6 Å². The predicted molar refractivity (Wildman–Crippen MR) is 101 cm³/mol. The molecule has 25 heavy (non-hydrogen) atoms. The summed E-state index contributed by atoms with van der Waals surface area (Å²) in [5.74, 6) is 0.245. The van der Waals surface area contributed by atoms with E-state index in [1.807, 2.05) is 12.1 Å². The number of amides is 1. The monoisotopic (exact) mass is 339 g/mol. The van der Waals surface area contributed by atoms with Gasteiger partial charge >= 0.3 is 0 Å². The second-order valence-electron chi connectivity index (χ2n) is 6.41. The third-order valence-corrected chi connectivity index (χ3v) is 4.47. The lowest BCUT2D eigenvalue weighted by molar-refractivity contribution is 0.102. The molecule has 1 aliphatic rings.